The number of rotatable bonds is 4. The molecule has 0 fully saturated rings. The highest BCUT2D eigenvalue weighted by molar-refractivity contribution is 7.95. The van der Waals surface area contributed by atoms with Gasteiger partial charge in [0, 0.05) is 7.05 Å². The van der Waals surface area contributed by atoms with Gasteiger partial charge in [-0.1, -0.05) is 4.31 Å². The van der Waals surface area contributed by atoms with Gasteiger partial charge in [-0.15, -0.1) is 0 Å². The fraction of sp³-hybridized carbons (Fsp3) is 0.300. The van der Waals surface area contributed by atoms with E-state index in [2.05, 4.69) is 0 Å². The number of carbonyl (C=O) groups is 1. The van der Waals surface area contributed by atoms with Crippen LogP contribution in [-0.2, 0) is 19.4 Å². The molecule has 1 aromatic rings. The van der Waals surface area contributed by atoms with Crippen LogP contribution in [0.4, 0.5) is 22.0 Å². The molecule has 1 aromatic carbocycles. The van der Waals surface area contributed by atoms with E-state index < -0.39 is 55.7 Å². The third kappa shape index (κ3) is 2.93. The van der Waals surface area contributed by atoms with Crippen molar-refractivity contribution in [3.05, 3.63) is 29.1 Å². The highest BCUT2D eigenvalue weighted by Crippen LogP contribution is 2.32. The number of nitrogens with zero attached hydrogens (tertiary/aromatic N) is 1. The lowest BCUT2D eigenvalue weighted by Gasteiger charge is -2.19. The van der Waals surface area contributed by atoms with Crippen molar-refractivity contribution in [2.24, 2.45) is 0 Å². The third-order valence-electron chi connectivity index (χ3n) is 2.70. The van der Waals surface area contributed by atoms with E-state index in [0.29, 0.717) is 0 Å². The summed E-state index contributed by atoms with van der Waals surface area (Å²) < 4.78 is 87.9. The molecule has 0 radical (unpaired) electrons. The van der Waals surface area contributed by atoms with E-state index in [1.54, 1.807) is 0 Å². The van der Waals surface area contributed by atoms with Crippen molar-refractivity contribution in [2.45, 2.75) is 17.9 Å². The van der Waals surface area contributed by atoms with Crippen molar-refractivity contribution in [3.8, 4) is 0 Å². The average Bonchev–Trinajstić information content (AvgIpc) is 2.41. The largest absolute Gasteiger partial charge is 0.332 e. The van der Waals surface area contributed by atoms with E-state index in [1.165, 1.54) is 0 Å². The van der Waals surface area contributed by atoms with E-state index >= 15 is 0 Å². The molecule has 4 nitrogen and oxygen atoms in total. The number of carbonyl (C=O) groups excluding carboxylic acids is 1. The van der Waals surface area contributed by atoms with Crippen LogP contribution in [0.3, 0.4) is 0 Å². The number of hydrogen-bond acceptors (Lipinski definition) is 2. The van der Waals surface area contributed by atoms with Crippen LogP contribution in [0.2, 0.25) is 0 Å². The van der Waals surface area contributed by atoms with Gasteiger partial charge in [-0.25, -0.2) is 13.2 Å². The molecule has 118 valence electrons. The molecule has 0 saturated heterocycles. The summed E-state index contributed by atoms with van der Waals surface area (Å²) in [6.07, 6.45) is 0. The maximum Gasteiger partial charge on any atom is 0.332 e. The van der Waals surface area contributed by atoms with Gasteiger partial charge in [0.1, 0.15) is 6.04 Å². The lowest BCUT2D eigenvalue weighted by atomic mass is 10.3. The predicted octanol–water partition coefficient (Wildman–Crippen LogP) is 2.71. The summed E-state index contributed by atoms with van der Waals surface area (Å²) in [5.41, 5.74) is 0. The smallest absolute Gasteiger partial charge is 0.279 e. The van der Waals surface area contributed by atoms with Crippen LogP contribution in [0.5, 0.6) is 0 Å². The van der Waals surface area contributed by atoms with Gasteiger partial charge in [0.05, 0.1) is 0 Å². The molecule has 21 heavy (non-hydrogen) atoms. The van der Waals surface area contributed by atoms with E-state index in [4.69, 9.17) is 11.6 Å². The fourth-order valence-corrected chi connectivity index (χ4v) is 2.98. The number of hydrogen-bond donors (Lipinski definition) is 1. The summed E-state index contributed by atoms with van der Waals surface area (Å²) in [5.74, 6) is -12.1. The van der Waals surface area contributed by atoms with Crippen LogP contribution < -0.4 is 0 Å². The van der Waals surface area contributed by atoms with Crippen LogP contribution in [0.1, 0.15) is 6.92 Å². The Hall–Kier alpha value is -1.10. The Balaban J connectivity index is 3.60. The second-order valence-corrected chi connectivity index (χ2v) is 6.27. The van der Waals surface area contributed by atoms with Gasteiger partial charge < -0.3 is 0 Å². The number of halogens is 6. The Morgan fingerprint density at radius 3 is 1.76 bits per heavy atom. The molecule has 0 bridgehead atoms. The normalized spacial score (nSPS) is 15.9. The van der Waals surface area contributed by atoms with Gasteiger partial charge in [0.2, 0.25) is 34.3 Å². The van der Waals surface area contributed by atoms with Gasteiger partial charge in [-0.2, -0.15) is 13.3 Å². The minimum Gasteiger partial charge on any atom is -0.279 e. The molecular formula is C10H8ClF5NO3S+. The third-order valence-corrected chi connectivity index (χ3v) is 5.00. The van der Waals surface area contributed by atoms with E-state index in [1.807, 2.05) is 0 Å². The highest BCUT2D eigenvalue weighted by atomic mass is 35.5. The quantitative estimate of drug-likeness (QED) is 0.298. The first-order valence-electron chi connectivity index (χ1n) is 5.15. The first-order chi connectivity index (χ1) is 9.44. The molecular weight excluding hydrogens is 345 g/mol. The second-order valence-electron chi connectivity index (χ2n) is 3.92. The van der Waals surface area contributed by atoms with Gasteiger partial charge >= 0.3 is 10.4 Å². The molecule has 1 unspecified atom stereocenters. The van der Waals surface area contributed by atoms with Crippen molar-refractivity contribution in [1.29, 1.82) is 0 Å². The van der Waals surface area contributed by atoms with E-state index in [9.17, 15) is 35.5 Å². The molecule has 0 amide bonds. The van der Waals surface area contributed by atoms with Crippen molar-refractivity contribution in [1.82, 2.24) is 4.31 Å². The zero-order chi connectivity index (χ0) is 16.7. The van der Waals surface area contributed by atoms with Gasteiger partial charge in [0.15, 0.2) is 0 Å². The molecule has 1 N–H and O–H groups in total. The summed E-state index contributed by atoms with van der Waals surface area (Å²) in [6.45, 7) is 1.01. The zero-order valence-electron chi connectivity index (χ0n) is 10.5. The Kier molecular flexibility index (Phi) is 5.09. The Bertz CT molecular complexity index is 627. The monoisotopic (exact) mass is 352 g/mol. The molecule has 0 aliphatic heterocycles. The van der Waals surface area contributed by atoms with Crippen LogP contribution in [-0.4, -0.2) is 27.2 Å². The molecule has 2 atom stereocenters. The zero-order valence-corrected chi connectivity index (χ0v) is 12.0. The molecule has 0 saturated carbocycles. The van der Waals surface area contributed by atoms with Crippen LogP contribution in [0.15, 0.2) is 4.90 Å². The van der Waals surface area contributed by atoms with Crippen LogP contribution in [0, 0.1) is 29.1 Å². The summed E-state index contributed by atoms with van der Waals surface area (Å²) in [4.78, 5) is 8.97. The SMILES string of the molecule is C[C@H](C(=O)Cl)N(C)[S+](=O)(O)c1c(F)c(F)c(F)c(F)c1F. The second kappa shape index (κ2) is 5.95. The van der Waals surface area contributed by atoms with Crippen LogP contribution >= 0.6 is 11.6 Å². The van der Waals surface area contributed by atoms with Crippen LogP contribution in [0.25, 0.3) is 0 Å². The van der Waals surface area contributed by atoms with Gasteiger partial charge in [-0.05, 0) is 22.7 Å². The van der Waals surface area contributed by atoms with Crippen molar-refractivity contribution in [2.75, 3.05) is 7.05 Å². The molecule has 0 spiro atoms. The Labute approximate surface area is 121 Å². The van der Waals surface area contributed by atoms with Gasteiger partial charge in [0.25, 0.3) is 4.90 Å². The van der Waals surface area contributed by atoms with Crippen molar-refractivity contribution in [3.63, 3.8) is 0 Å². The molecule has 0 aliphatic carbocycles. The molecule has 0 aliphatic rings. The Morgan fingerprint density at radius 1 is 1.10 bits per heavy atom. The summed E-state index contributed by atoms with van der Waals surface area (Å²) in [7, 11) is -4.16. The highest BCUT2D eigenvalue weighted by Gasteiger charge is 2.49. The molecule has 0 heterocycles. The number of benzene rings is 1. The summed E-state index contributed by atoms with van der Waals surface area (Å²) in [5, 5.41) is -1.16. The first kappa shape index (κ1) is 18.0. The summed E-state index contributed by atoms with van der Waals surface area (Å²) in [6, 6.07) is -1.51. The fourth-order valence-electron chi connectivity index (χ4n) is 1.32. The lowest BCUT2D eigenvalue weighted by Crippen LogP contribution is -2.43. The maximum absolute atomic E-state index is 13.5. The minimum atomic E-state index is -4.92. The molecule has 1 rings (SSSR count). The summed E-state index contributed by atoms with van der Waals surface area (Å²) >= 11 is 5.07. The average molecular weight is 353 g/mol. The van der Waals surface area contributed by atoms with Gasteiger partial charge in [-0.3, -0.25) is 4.79 Å². The topological polar surface area (TPSA) is 57.6 Å². The van der Waals surface area contributed by atoms with E-state index in [-0.39, 0.29) is 4.31 Å². The molecule has 0 aromatic heterocycles. The van der Waals surface area contributed by atoms with Crippen molar-refractivity contribution >= 4 is 27.2 Å². The molecule has 11 heteroatoms. The number of likely N-dealkylation sites (N-methyl/N-ethyl adjacent to an activating group) is 1. The lowest BCUT2D eigenvalue weighted by molar-refractivity contribution is -0.114. The predicted molar refractivity (Wildman–Crippen MR) is 63.3 cm³/mol. The standard InChI is InChI=1S/C10H7ClF5NO3S/c1-3(10(11)18)17(2)21(19,20)9-7(15)5(13)4(12)6(14)8(9)16/h3H,1-2H3/p+1/t3-/m1/s1. The Morgan fingerprint density at radius 2 is 1.43 bits per heavy atom. The van der Waals surface area contributed by atoms with E-state index in [0.717, 1.165) is 14.0 Å². The maximum atomic E-state index is 13.5. The minimum absolute atomic E-state index is 0.209. The van der Waals surface area contributed by atoms with Crippen molar-refractivity contribution < 1.29 is 35.5 Å². The first-order valence-corrected chi connectivity index (χ1v) is 7.00.